The largest absolute Gasteiger partial charge is 0.493 e. The smallest absolute Gasteiger partial charge is 0.124 e. The van der Waals surface area contributed by atoms with Crippen LogP contribution in [0.1, 0.15) is 36.1 Å². The molecule has 2 rings (SSSR count). The van der Waals surface area contributed by atoms with Crippen molar-refractivity contribution in [3.8, 4) is 5.75 Å². The molecule has 0 aliphatic heterocycles. The average molecular weight is 269 g/mol. The van der Waals surface area contributed by atoms with E-state index in [1.807, 2.05) is 18.2 Å². The number of para-hydroxylation sites is 1. The van der Waals surface area contributed by atoms with Crippen LogP contribution in [-0.4, -0.2) is 6.61 Å². The van der Waals surface area contributed by atoms with Crippen LogP contribution in [0.3, 0.4) is 0 Å². The lowest BCUT2D eigenvalue weighted by molar-refractivity contribution is 0.312. The van der Waals surface area contributed by atoms with Crippen LogP contribution in [0.4, 0.5) is 0 Å². The number of ether oxygens (including phenoxy) is 1. The minimum Gasteiger partial charge on any atom is -0.493 e. The van der Waals surface area contributed by atoms with Gasteiger partial charge in [0, 0.05) is 11.6 Å². The van der Waals surface area contributed by atoms with Gasteiger partial charge in [-0.2, -0.15) is 0 Å². The maximum Gasteiger partial charge on any atom is 0.124 e. The Morgan fingerprint density at radius 3 is 2.65 bits per heavy atom. The molecule has 0 amide bonds. The second kappa shape index (κ2) is 7.11. The molecule has 106 valence electrons. The fraction of sp³-hybridized carbons (Fsp3) is 0.333. The third-order valence-electron chi connectivity index (χ3n) is 3.32. The summed E-state index contributed by atoms with van der Waals surface area (Å²) in [6.07, 6.45) is 1.83. The van der Waals surface area contributed by atoms with E-state index in [4.69, 9.17) is 10.5 Å². The lowest BCUT2D eigenvalue weighted by Gasteiger charge is -2.17. The first-order valence-electron chi connectivity index (χ1n) is 7.23. The summed E-state index contributed by atoms with van der Waals surface area (Å²) in [6, 6.07) is 16.5. The molecule has 0 bridgehead atoms. The number of aryl methyl sites for hydroxylation is 1. The van der Waals surface area contributed by atoms with Gasteiger partial charge in [-0.05, 0) is 31.4 Å². The van der Waals surface area contributed by atoms with Crippen molar-refractivity contribution in [2.24, 2.45) is 5.73 Å². The Labute approximate surface area is 121 Å². The highest BCUT2D eigenvalue weighted by molar-refractivity contribution is 5.37. The summed E-state index contributed by atoms with van der Waals surface area (Å²) in [4.78, 5) is 0. The Morgan fingerprint density at radius 1 is 1.10 bits per heavy atom. The zero-order chi connectivity index (χ0) is 14.4. The Morgan fingerprint density at radius 2 is 1.90 bits per heavy atom. The van der Waals surface area contributed by atoms with Crippen molar-refractivity contribution in [3.63, 3.8) is 0 Å². The highest BCUT2D eigenvalue weighted by Crippen LogP contribution is 2.26. The zero-order valence-corrected chi connectivity index (χ0v) is 12.3. The Bertz CT molecular complexity index is 551. The minimum absolute atomic E-state index is 0.0372. The molecule has 0 saturated heterocycles. The molecule has 2 heteroatoms. The average Bonchev–Trinajstić information content (AvgIpc) is 2.45. The quantitative estimate of drug-likeness (QED) is 0.859. The third-order valence-corrected chi connectivity index (χ3v) is 3.32. The predicted molar refractivity (Wildman–Crippen MR) is 84.0 cm³/mol. The molecule has 0 saturated carbocycles. The normalized spacial score (nSPS) is 12.2. The van der Waals surface area contributed by atoms with Gasteiger partial charge in [0.05, 0.1) is 6.61 Å². The summed E-state index contributed by atoms with van der Waals surface area (Å²) in [6.45, 7) is 4.94. The van der Waals surface area contributed by atoms with Crippen LogP contribution in [0, 0.1) is 6.92 Å². The number of nitrogens with two attached hydrogens (primary N) is 1. The predicted octanol–water partition coefficient (Wildman–Crippen LogP) is 4.03. The van der Waals surface area contributed by atoms with Gasteiger partial charge in [-0.15, -0.1) is 0 Å². The Balaban J connectivity index is 2.14. The molecule has 0 fully saturated rings. The second-order valence-electron chi connectivity index (χ2n) is 5.19. The van der Waals surface area contributed by atoms with Crippen molar-refractivity contribution >= 4 is 0 Å². The summed E-state index contributed by atoms with van der Waals surface area (Å²) < 4.78 is 5.79. The van der Waals surface area contributed by atoms with Gasteiger partial charge in [-0.25, -0.2) is 0 Å². The zero-order valence-electron chi connectivity index (χ0n) is 12.3. The Kier molecular flexibility index (Phi) is 5.19. The fourth-order valence-corrected chi connectivity index (χ4v) is 2.33. The standard InChI is InChI=1S/C18H23NO/c1-3-11-20-18-10-5-4-9-16(18)17(19)13-15-8-6-7-14(2)12-15/h4-10,12,17H,3,11,13,19H2,1-2H3. The van der Waals surface area contributed by atoms with Crippen LogP contribution in [0.5, 0.6) is 5.75 Å². The van der Waals surface area contributed by atoms with E-state index in [0.29, 0.717) is 0 Å². The number of hydrogen-bond donors (Lipinski definition) is 1. The molecule has 0 spiro atoms. The lowest BCUT2D eigenvalue weighted by Crippen LogP contribution is -2.15. The molecule has 0 heterocycles. The molecule has 2 aromatic carbocycles. The summed E-state index contributed by atoms with van der Waals surface area (Å²) in [5.74, 6) is 0.912. The summed E-state index contributed by atoms with van der Waals surface area (Å²) in [5.41, 5.74) is 9.99. The van der Waals surface area contributed by atoms with Crippen LogP contribution in [-0.2, 0) is 6.42 Å². The SMILES string of the molecule is CCCOc1ccccc1C(N)Cc1cccc(C)c1. The van der Waals surface area contributed by atoms with E-state index in [1.165, 1.54) is 11.1 Å². The van der Waals surface area contributed by atoms with E-state index in [0.717, 1.165) is 30.8 Å². The van der Waals surface area contributed by atoms with Crippen molar-refractivity contribution in [1.82, 2.24) is 0 Å². The summed E-state index contributed by atoms with van der Waals surface area (Å²) in [5, 5.41) is 0. The van der Waals surface area contributed by atoms with E-state index < -0.39 is 0 Å². The number of benzene rings is 2. The van der Waals surface area contributed by atoms with Crippen LogP contribution >= 0.6 is 0 Å². The lowest BCUT2D eigenvalue weighted by atomic mass is 9.98. The molecular formula is C18H23NO. The second-order valence-corrected chi connectivity index (χ2v) is 5.19. The molecule has 0 aromatic heterocycles. The third kappa shape index (κ3) is 3.84. The molecule has 20 heavy (non-hydrogen) atoms. The van der Waals surface area contributed by atoms with Gasteiger partial charge in [0.25, 0.3) is 0 Å². The monoisotopic (exact) mass is 269 g/mol. The highest BCUT2D eigenvalue weighted by Gasteiger charge is 2.12. The molecule has 1 atom stereocenters. The minimum atomic E-state index is -0.0372. The molecule has 1 unspecified atom stereocenters. The first-order valence-corrected chi connectivity index (χ1v) is 7.23. The molecule has 0 aliphatic carbocycles. The fourth-order valence-electron chi connectivity index (χ4n) is 2.33. The van der Waals surface area contributed by atoms with Gasteiger partial charge >= 0.3 is 0 Å². The molecule has 2 N–H and O–H groups in total. The van der Waals surface area contributed by atoms with Gasteiger partial charge in [-0.3, -0.25) is 0 Å². The van der Waals surface area contributed by atoms with Crippen molar-refractivity contribution in [2.45, 2.75) is 32.7 Å². The molecule has 2 aromatic rings. The van der Waals surface area contributed by atoms with Crippen LogP contribution < -0.4 is 10.5 Å². The molecule has 0 aliphatic rings. The van der Waals surface area contributed by atoms with Crippen molar-refractivity contribution in [3.05, 3.63) is 65.2 Å². The van der Waals surface area contributed by atoms with Crippen LogP contribution in [0.15, 0.2) is 48.5 Å². The Hall–Kier alpha value is -1.80. The first-order chi connectivity index (χ1) is 9.70. The van der Waals surface area contributed by atoms with Crippen molar-refractivity contribution < 1.29 is 4.74 Å². The van der Waals surface area contributed by atoms with Gasteiger partial charge in [0.1, 0.15) is 5.75 Å². The van der Waals surface area contributed by atoms with Crippen molar-refractivity contribution in [1.29, 1.82) is 0 Å². The van der Waals surface area contributed by atoms with E-state index in [1.54, 1.807) is 0 Å². The van der Waals surface area contributed by atoms with Crippen molar-refractivity contribution in [2.75, 3.05) is 6.61 Å². The summed E-state index contributed by atoms with van der Waals surface area (Å²) in [7, 11) is 0. The maximum atomic E-state index is 6.37. The van der Waals surface area contributed by atoms with Crippen LogP contribution in [0.25, 0.3) is 0 Å². The van der Waals surface area contributed by atoms with Gasteiger partial charge in [0.15, 0.2) is 0 Å². The van der Waals surface area contributed by atoms with Gasteiger partial charge < -0.3 is 10.5 Å². The van der Waals surface area contributed by atoms with Gasteiger partial charge in [-0.1, -0.05) is 55.0 Å². The van der Waals surface area contributed by atoms with E-state index >= 15 is 0 Å². The molecular weight excluding hydrogens is 246 g/mol. The van der Waals surface area contributed by atoms with E-state index in [2.05, 4.69) is 44.2 Å². The first kappa shape index (κ1) is 14.6. The highest BCUT2D eigenvalue weighted by atomic mass is 16.5. The van der Waals surface area contributed by atoms with Crippen LogP contribution in [0.2, 0.25) is 0 Å². The maximum absolute atomic E-state index is 6.37. The molecule has 0 radical (unpaired) electrons. The summed E-state index contributed by atoms with van der Waals surface area (Å²) >= 11 is 0. The van der Waals surface area contributed by atoms with Gasteiger partial charge in [0.2, 0.25) is 0 Å². The number of rotatable bonds is 6. The van der Waals surface area contributed by atoms with E-state index in [9.17, 15) is 0 Å². The van der Waals surface area contributed by atoms with E-state index in [-0.39, 0.29) is 6.04 Å². The molecule has 2 nitrogen and oxygen atoms in total. The topological polar surface area (TPSA) is 35.2 Å². The number of hydrogen-bond acceptors (Lipinski definition) is 2.